The van der Waals surface area contributed by atoms with E-state index in [0.717, 1.165) is 0 Å². The van der Waals surface area contributed by atoms with Crippen molar-refractivity contribution in [1.82, 2.24) is 9.29 Å². The summed E-state index contributed by atoms with van der Waals surface area (Å²) < 4.78 is 24.3. The van der Waals surface area contributed by atoms with Crippen LogP contribution in [0.2, 0.25) is 0 Å². The van der Waals surface area contributed by atoms with E-state index in [0.29, 0.717) is 37.4 Å². The second kappa shape index (κ2) is 5.64. The zero-order valence-corrected chi connectivity index (χ0v) is 12.0. The predicted octanol–water partition coefficient (Wildman–Crippen LogP) is 0.371. The molecule has 1 aliphatic rings. The molecule has 108 valence electrons. The summed E-state index contributed by atoms with van der Waals surface area (Å²) in [5.74, 6) is 0.591. The van der Waals surface area contributed by atoms with E-state index in [1.54, 1.807) is 12.1 Å². The van der Waals surface area contributed by atoms with Gasteiger partial charge in [-0.1, -0.05) is 0 Å². The van der Waals surface area contributed by atoms with Crippen LogP contribution in [-0.4, -0.2) is 43.1 Å². The van der Waals surface area contributed by atoms with E-state index in [2.05, 4.69) is 10.3 Å². The minimum absolute atomic E-state index is 0.149. The Morgan fingerprint density at radius 2 is 2.10 bits per heavy atom. The molecule has 0 aromatic carbocycles. The smallest absolute Gasteiger partial charge is 0.211 e. The van der Waals surface area contributed by atoms with Gasteiger partial charge in [0.2, 0.25) is 10.0 Å². The summed E-state index contributed by atoms with van der Waals surface area (Å²) >= 11 is 0. The molecule has 0 amide bonds. The van der Waals surface area contributed by atoms with Crippen LogP contribution < -0.4 is 11.1 Å². The van der Waals surface area contributed by atoms with E-state index in [1.165, 1.54) is 10.6 Å². The lowest BCUT2D eigenvalue weighted by Crippen LogP contribution is -2.41. The van der Waals surface area contributed by atoms with Crippen molar-refractivity contribution in [2.24, 2.45) is 0 Å². The number of nitrogens with zero attached hydrogens (tertiary/aromatic N) is 3. The van der Waals surface area contributed by atoms with Crippen LogP contribution in [0.4, 0.5) is 11.5 Å². The number of pyridine rings is 1. The Balaban J connectivity index is 1.98. The van der Waals surface area contributed by atoms with Crippen LogP contribution >= 0.6 is 0 Å². The summed E-state index contributed by atoms with van der Waals surface area (Å²) in [6.45, 7) is 0.993. The number of piperidine rings is 1. The number of nitrogens with one attached hydrogen (secondary N) is 1. The quantitative estimate of drug-likeness (QED) is 0.833. The second-order valence-electron chi connectivity index (χ2n) is 4.83. The highest BCUT2D eigenvalue weighted by Crippen LogP contribution is 2.18. The standard InChI is InChI=1S/C12H17N5O2S/c1-20(18,19)17-6-4-9(5-7-17)15-12-3-2-10(14)11(8-13)16-12/h2-3,9H,4-7,14H2,1H3,(H,15,16). The molecule has 0 bridgehead atoms. The first-order valence-electron chi connectivity index (χ1n) is 6.28. The van der Waals surface area contributed by atoms with Gasteiger partial charge in [-0.25, -0.2) is 17.7 Å². The van der Waals surface area contributed by atoms with Gasteiger partial charge in [0.05, 0.1) is 11.9 Å². The molecule has 1 aromatic rings. The summed E-state index contributed by atoms with van der Waals surface area (Å²) in [7, 11) is -3.11. The summed E-state index contributed by atoms with van der Waals surface area (Å²) in [6, 6.07) is 5.44. The molecule has 0 spiro atoms. The Morgan fingerprint density at radius 3 is 2.65 bits per heavy atom. The van der Waals surface area contributed by atoms with E-state index in [9.17, 15) is 8.42 Å². The van der Waals surface area contributed by atoms with Crippen molar-refractivity contribution in [3.63, 3.8) is 0 Å². The van der Waals surface area contributed by atoms with Crippen molar-refractivity contribution in [2.45, 2.75) is 18.9 Å². The average Bonchev–Trinajstić information content (AvgIpc) is 2.40. The Labute approximate surface area is 118 Å². The van der Waals surface area contributed by atoms with Gasteiger partial charge in [-0.3, -0.25) is 0 Å². The van der Waals surface area contributed by atoms with Gasteiger partial charge in [-0.2, -0.15) is 5.26 Å². The molecule has 0 saturated carbocycles. The first-order chi connectivity index (χ1) is 9.40. The third-order valence-electron chi connectivity index (χ3n) is 3.31. The van der Waals surface area contributed by atoms with Gasteiger partial charge in [0.25, 0.3) is 0 Å². The lowest BCUT2D eigenvalue weighted by molar-refractivity contribution is 0.331. The monoisotopic (exact) mass is 295 g/mol. The molecule has 2 heterocycles. The van der Waals surface area contributed by atoms with Gasteiger partial charge in [0, 0.05) is 19.1 Å². The van der Waals surface area contributed by atoms with Crippen LogP contribution in [-0.2, 0) is 10.0 Å². The predicted molar refractivity (Wildman–Crippen MR) is 76.4 cm³/mol. The SMILES string of the molecule is CS(=O)(=O)N1CCC(Nc2ccc(N)c(C#N)n2)CC1. The Kier molecular flexibility index (Phi) is 4.11. The fraction of sp³-hybridized carbons (Fsp3) is 0.500. The first-order valence-corrected chi connectivity index (χ1v) is 8.13. The van der Waals surface area contributed by atoms with Crippen LogP contribution in [0, 0.1) is 11.3 Å². The van der Waals surface area contributed by atoms with Crippen molar-refractivity contribution in [2.75, 3.05) is 30.4 Å². The van der Waals surface area contributed by atoms with Gasteiger partial charge in [-0.05, 0) is 25.0 Å². The number of hydrogen-bond acceptors (Lipinski definition) is 6. The number of sulfonamides is 1. The molecule has 1 saturated heterocycles. The average molecular weight is 295 g/mol. The fourth-order valence-corrected chi connectivity index (χ4v) is 3.05. The van der Waals surface area contributed by atoms with E-state index in [1.807, 2.05) is 6.07 Å². The van der Waals surface area contributed by atoms with Gasteiger partial charge in [0.15, 0.2) is 5.69 Å². The minimum atomic E-state index is -3.11. The van der Waals surface area contributed by atoms with Crippen LogP contribution in [0.1, 0.15) is 18.5 Å². The lowest BCUT2D eigenvalue weighted by atomic mass is 10.1. The number of hydrogen-bond donors (Lipinski definition) is 2. The molecule has 0 aliphatic carbocycles. The number of aromatic nitrogens is 1. The van der Waals surface area contributed by atoms with Crippen molar-refractivity contribution >= 4 is 21.5 Å². The maximum atomic E-state index is 11.4. The van der Waals surface area contributed by atoms with Crippen LogP contribution in [0.5, 0.6) is 0 Å². The molecule has 20 heavy (non-hydrogen) atoms. The molecule has 2 rings (SSSR count). The molecule has 1 fully saturated rings. The van der Waals surface area contributed by atoms with Gasteiger partial charge < -0.3 is 11.1 Å². The number of rotatable bonds is 3. The molecule has 0 atom stereocenters. The number of nitrogens with two attached hydrogens (primary N) is 1. The van der Waals surface area contributed by atoms with Crippen molar-refractivity contribution in [3.05, 3.63) is 17.8 Å². The normalized spacial score (nSPS) is 17.6. The van der Waals surface area contributed by atoms with E-state index < -0.39 is 10.0 Å². The van der Waals surface area contributed by atoms with Crippen molar-refractivity contribution in [1.29, 1.82) is 5.26 Å². The van der Waals surface area contributed by atoms with Gasteiger partial charge in [0.1, 0.15) is 11.9 Å². The zero-order valence-electron chi connectivity index (χ0n) is 11.2. The zero-order chi connectivity index (χ0) is 14.8. The molecule has 3 N–H and O–H groups in total. The summed E-state index contributed by atoms with van der Waals surface area (Å²) in [6.07, 6.45) is 2.64. The number of nitrogen functional groups attached to an aromatic ring is 1. The second-order valence-corrected chi connectivity index (χ2v) is 6.81. The van der Waals surface area contributed by atoms with E-state index >= 15 is 0 Å². The maximum absolute atomic E-state index is 11.4. The van der Waals surface area contributed by atoms with Crippen molar-refractivity contribution in [3.8, 4) is 6.07 Å². The lowest BCUT2D eigenvalue weighted by Gasteiger charge is -2.30. The number of anilines is 2. The summed E-state index contributed by atoms with van der Waals surface area (Å²) in [4.78, 5) is 4.12. The van der Waals surface area contributed by atoms with E-state index in [-0.39, 0.29) is 11.7 Å². The van der Waals surface area contributed by atoms with Crippen molar-refractivity contribution < 1.29 is 8.42 Å². The fourth-order valence-electron chi connectivity index (χ4n) is 2.18. The molecule has 8 heteroatoms. The molecule has 7 nitrogen and oxygen atoms in total. The first kappa shape index (κ1) is 14.6. The van der Waals surface area contributed by atoms with Crippen LogP contribution in [0.15, 0.2) is 12.1 Å². The third kappa shape index (κ3) is 3.37. The molecule has 1 aromatic heterocycles. The third-order valence-corrected chi connectivity index (χ3v) is 4.61. The Bertz CT molecular complexity index is 630. The molecule has 0 unspecified atom stereocenters. The molecular weight excluding hydrogens is 278 g/mol. The van der Waals surface area contributed by atoms with Crippen LogP contribution in [0.3, 0.4) is 0 Å². The van der Waals surface area contributed by atoms with Gasteiger partial charge >= 0.3 is 0 Å². The molecule has 1 aliphatic heterocycles. The summed E-state index contributed by atoms with van der Waals surface area (Å²) in [5.41, 5.74) is 6.16. The number of nitriles is 1. The highest BCUT2D eigenvalue weighted by Gasteiger charge is 2.24. The molecular formula is C12H17N5O2S. The molecule has 0 radical (unpaired) electrons. The highest BCUT2D eigenvalue weighted by atomic mass is 32.2. The van der Waals surface area contributed by atoms with Crippen LogP contribution in [0.25, 0.3) is 0 Å². The van der Waals surface area contributed by atoms with Gasteiger partial charge in [-0.15, -0.1) is 0 Å². The highest BCUT2D eigenvalue weighted by molar-refractivity contribution is 7.88. The summed E-state index contributed by atoms with van der Waals surface area (Å²) in [5, 5.41) is 12.1. The topological polar surface area (TPSA) is 112 Å². The maximum Gasteiger partial charge on any atom is 0.211 e. The largest absolute Gasteiger partial charge is 0.396 e. The Hall–Kier alpha value is -1.85. The Morgan fingerprint density at radius 1 is 1.45 bits per heavy atom. The minimum Gasteiger partial charge on any atom is -0.396 e. The van der Waals surface area contributed by atoms with E-state index in [4.69, 9.17) is 11.0 Å².